The normalized spacial score (nSPS) is 12.1. The smallest absolute Gasteiger partial charge is 0.329 e. The Balaban J connectivity index is 2.18. The third kappa shape index (κ3) is 3.31. The maximum absolute atomic E-state index is 12.8. The average molecular weight is 292 g/mol. The molecule has 1 aromatic heterocycles. The van der Waals surface area contributed by atoms with Crippen molar-refractivity contribution >= 4 is 11.5 Å². The Labute approximate surface area is 120 Å². The van der Waals surface area contributed by atoms with Crippen molar-refractivity contribution in [3.8, 4) is 0 Å². The van der Waals surface area contributed by atoms with Crippen molar-refractivity contribution in [2.45, 2.75) is 19.4 Å². The van der Waals surface area contributed by atoms with Gasteiger partial charge in [-0.25, -0.2) is 9.18 Å². The quantitative estimate of drug-likeness (QED) is 0.778. The monoisotopic (exact) mass is 292 g/mol. The van der Waals surface area contributed by atoms with Crippen LogP contribution in [0.1, 0.15) is 12.5 Å². The van der Waals surface area contributed by atoms with Crippen molar-refractivity contribution < 1.29 is 4.39 Å². The molecule has 0 aliphatic rings. The number of nitrogens with zero attached hydrogens (tertiary/aromatic N) is 1. The Kier molecular flexibility index (Phi) is 4.11. The molecule has 6 nitrogen and oxygen atoms in total. The van der Waals surface area contributed by atoms with Crippen molar-refractivity contribution in [1.82, 2.24) is 9.55 Å². The molecule has 112 valence electrons. The van der Waals surface area contributed by atoms with Crippen molar-refractivity contribution in [2.75, 3.05) is 11.1 Å². The second kappa shape index (κ2) is 5.82. The van der Waals surface area contributed by atoms with E-state index >= 15 is 0 Å². The molecule has 1 atom stereocenters. The summed E-state index contributed by atoms with van der Waals surface area (Å²) in [5.41, 5.74) is 5.75. The number of anilines is 2. The van der Waals surface area contributed by atoms with Gasteiger partial charge in [0.15, 0.2) is 0 Å². The van der Waals surface area contributed by atoms with E-state index in [4.69, 9.17) is 5.73 Å². The van der Waals surface area contributed by atoms with Crippen LogP contribution in [-0.2, 0) is 13.5 Å². The highest BCUT2D eigenvalue weighted by atomic mass is 19.1. The second-order valence-electron chi connectivity index (χ2n) is 4.95. The highest BCUT2D eigenvalue weighted by Crippen LogP contribution is 2.13. The third-order valence-corrected chi connectivity index (χ3v) is 3.22. The van der Waals surface area contributed by atoms with Gasteiger partial charge in [-0.3, -0.25) is 14.3 Å². The summed E-state index contributed by atoms with van der Waals surface area (Å²) in [6.45, 7) is 1.87. The minimum atomic E-state index is -0.561. The van der Waals surface area contributed by atoms with Crippen molar-refractivity contribution in [1.29, 1.82) is 0 Å². The van der Waals surface area contributed by atoms with Crippen LogP contribution in [-0.4, -0.2) is 15.6 Å². The predicted molar refractivity (Wildman–Crippen MR) is 79.9 cm³/mol. The highest BCUT2D eigenvalue weighted by molar-refractivity contribution is 5.60. The first-order chi connectivity index (χ1) is 9.88. The Morgan fingerprint density at radius 3 is 2.57 bits per heavy atom. The Bertz CT molecular complexity index is 749. The summed E-state index contributed by atoms with van der Waals surface area (Å²) < 4.78 is 14.0. The van der Waals surface area contributed by atoms with Gasteiger partial charge in [0.05, 0.1) is 0 Å². The molecule has 2 rings (SSSR count). The lowest BCUT2D eigenvalue weighted by molar-refractivity contribution is 0.626. The molecule has 2 aromatic rings. The number of halogens is 1. The van der Waals surface area contributed by atoms with E-state index in [1.807, 2.05) is 6.92 Å². The fourth-order valence-corrected chi connectivity index (χ4v) is 2.05. The number of rotatable bonds is 4. The number of nitrogens with one attached hydrogen (secondary N) is 2. The number of nitrogen functional groups attached to an aromatic ring is 1. The van der Waals surface area contributed by atoms with Crippen LogP contribution in [0.3, 0.4) is 0 Å². The molecule has 0 bridgehead atoms. The van der Waals surface area contributed by atoms with Crippen LogP contribution in [0.15, 0.2) is 33.9 Å². The largest absolute Gasteiger partial charge is 0.383 e. The van der Waals surface area contributed by atoms with Gasteiger partial charge in [-0.15, -0.1) is 0 Å². The molecule has 0 saturated heterocycles. The van der Waals surface area contributed by atoms with Crippen molar-refractivity contribution in [2.24, 2.45) is 7.05 Å². The predicted octanol–water partition coefficient (Wildman–Crippen LogP) is 0.838. The lowest BCUT2D eigenvalue weighted by atomic mass is 10.1. The molecular formula is C14H17FN4O2. The summed E-state index contributed by atoms with van der Waals surface area (Å²) in [5, 5.41) is 2.99. The minimum absolute atomic E-state index is 0.0784. The van der Waals surface area contributed by atoms with Crippen LogP contribution in [0, 0.1) is 5.82 Å². The summed E-state index contributed by atoms with van der Waals surface area (Å²) in [7, 11) is 1.48. The molecular weight excluding hydrogens is 275 g/mol. The van der Waals surface area contributed by atoms with Crippen LogP contribution in [0.25, 0.3) is 0 Å². The van der Waals surface area contributed by atoms with Crippen LogP contribution < -0.4 is 22.3 Å². The minimum Gasteiger partial charge on any atom is -0.383 e. The van der Waals surface area contributed by atoms with Gasteiger partial charge in [0.2, 0.25) is 0 Å². The molecule has 0 saturated carbocycles. The Hall–Kier alpha value is -2.57. The maximum atomic E-state index is 12.8. The number of nitrogens with two attached hydrogens (primary N) is 1. The number of hydrogen-bond donors (Lipinski definition) is 3. The van der Waals surface area contributed by atoms with Gasteiger partial charge in [0, 0.05) is 13.1 Å². The first-order valence-corrected chi connectivity index (χ1v) is 6.48. The zero-order valence-electron chi connectivity index (χ0n) is 11.8. The van der Waals surface area contributed by atoms with Crippen LogP contribution in [0.5, 0.6) is 0 Å². The van der Waals surface area contributed by atoms with Crippen LogP contribution in [0.4, 0.5) is 15.9 Å². The molecule has 1 aromatic carbocycles. The van der Waals surface area contributed by atoms with Gasteiger partial charge in [-0.1, -0.05) is 12.1 Å². The number of hydrogen-bond acceptors (Lipinski definition) is 4. The molecule has 1 heterocycles. The van der Waals surface area contributed by atoms with Gasteiger partial charge in [0.1, 0.15) is 17.3 Å². The summed E-state index contributed by atoms with van der Waals surface area (Å²) in [6, 6.07) is 6.02. The Morgan fingerprint density at radius 2 is 1.95 bits per heavy atom. The van der Waals surface area contributed by atoms with E-state index < -0.39 is 11.2 Å². The fourth-order valence-electron chi connectivity index (χ4n) is 2.05. The van der Waals surface area contributed by atoms with E-state index in [-0.39, 0.29) is 23.4 Å². The Morgan fingerprint density at radius 1 is 1.33 bits per heavy atom. The van der Waals surface area contributed by atoms with E-state index in [0.29, 0.717) is 6.42 Å². The first-order valence-electron chi connectivity index (χ1n) is 6.48. The maximum Gasteiger partial charge on any atom is 0.329 e. The average Bonchev–Trinajstić information content (AvgIpc) is 2.44. The van der Waals surface area contributed by atoms with Gasteiger partial charge >= 0.3 is 5.69 Å². The molecule has 4 N–H and O–H groups in total. The van der Waals surface area contributed by atoms with Crippen LogP contribution >= 0.6 is 0 Å². The zero-order chi connectivity index (χ0) is 15.6. The topological polar surface area (TPSA) is 92.9 Å². The number of aromatic nitrogens is 2. The number of aromatic amines is 1. The molecule has 0 fully saturated rings. The molecule has 21 heavy (non-hydrogen) atoms. The van der Waals surface area contributed by atoms with Gasteiger partial charge < -0.3 is 11.1 Å². The standard InChI is InChI=1S/C14H17FN4O2/c1-8(7-9-3-5-10(15)6-4-9)17-11-12(16)19(2)14(21)18-13(11)20/h3-6,8,17H,7,16H2,1-2H3,(H,18,20,21). The van der Waals surface area contributed by atoms with E-state index in [0.717, 1.165) is 10.1 Å². The van der Waals surface area contributed by atoms with Crippen LogP contribution in [0.2, 0.25) is 0 Å². The molecule has 1 unspecified atom stereocenters. The molecule has 0 radical (unpaired) electrons. The van der Waals surface area contributed by atoms with E-state index in [9.17, 15) is 14.0 Å². The highest BCUT2D eigenvalue weighted by Gasteiger charge is 2.12. The molecule has 0 amide bonds. The molecule has 0 aliphatic carbocycles. The van der Waals surface area contributed by atoms with E-state index in [1.165, 1.54) is 19.2 Å². The zero-order valence-corrected chi connectivity index (χ0v) is 11.8. The second-order valence-corrected chi connectivity index (χ2v) is 4.95. The lowest BCUT2D eigenvalue weighted by Gasteiger charge is -2.17. The van der Waals surface area contributed by atoms with Gasteiger partial charge in [-0.05, 0) is 31.0 Å². The first kappa shape index (κ1) is 14.8. The number of benzene rings is 1. The van der Waals surface area contributed by atoms with E-state index in [2.05, 4.69) is 10.3 Å². The molecule has 0 aliphatic heterocycles. The fraction of sp³-hybridized carbons (Fsp3) is 0.286. The van der Waals surface area contributed by atoms with Gasteiger partial charge in [-0.2, -0.15) is 0 Å². The van der Waals surface area contributed by atoms with Crippen molar-refractivity contribution in [3.05, 3.63) is 56.5 Å². The molecule has 0 spiro atoms. The summed E-state index contributed by atoms with van der Waals surface area (Å²) >= 11 is 0. The SMILES string of the molecule is CC(Cc1ccc(F)cc1)Nc1c(N)n(C)c(=O)[nH]c1=O. The van der Waals surface area contributed by atoms with Crippen molar-refractivity contribution in [3.63, 3.8) is 0 Å². The lowest BCUT2D eigenvalue weighted by Crippen LogP contribution is -2.34. The van der Waals surface area contributed by atoms with E-state index in [1.54, 1.807) is 12.1 Å². The molecule has 7 heteroatoms. The summed E-state index contributed by atoms with van der Waals surface area (Å²) in [4.78, 5) is 25.4. The summed E-state index contributed by atoms with van der Waals surface area (Å²) in [5.74, 6) is -0.215. The third-order valence-electron chi connectivity index (χ3n) is 3.22. The summed E-state index contributed by atoms with van der Waals surface area (Å²) in [6.07, 6.45) is 0.585. The number of H-pyrrole nitrogens is 1. The van der Waals surface area contributed by atoms with Gasteiger partial charge in [0.25, 0.3) is 5.56 Å².